The van der Waals surface area contributed by atoms with E-state index in [0.29, 0.717) is 0 Å². The predicted molar refractivity (Wildman–Crippen MR) is 67.4 cm³/mol. The minimum atomic E-state index is 0.275. The third-order valence-electron chi connectivity index (χ3n) is 2.15. The maximum Gasteiger partial charge on any atom is 0.115 e. The normalized spacial score (nSPS) is 10.1. The van der Waals surface area contributed by atoms with E-state index < -0.39 is 0 Å². The van der Waals surface area contributed by atoms with Crippen molar-refractivity contribution < 1.29 is 5.11 Å². The summed E-state index contributed by atoms with van der Waals surface area (Å²) in [6.45, 7) is 0.728. The van der Waals surface area contributed by atoms with Crippen molar-refractivity contribution in [2.24, 2.45) is 0 Å². The Bertz CT molecular complexity index is 471. The molecular formula is C12H11BrN2O. The van der Waals surface area contributed by atoms with E-state index in [4.69, 9.17) is 5.11 Å². The summed E-state index contributed by atoms with van der Waals surface area (Å²) >= 11 is 3.33. The molecule has 16 heavy (non-hydrogen) atoms. The molecule has 0 aliphatic rings. The Morgan fingerprint density at radius 1 is 1.19 bits per heavy atom. The number of pyridine rings is 1. The highest BCUT2D eigenvalue weighted by molar-refractivity contribution is 9.10. The van der Waals surface area contributed by atoms with Crippen molar-refractivity contribution in [3.63, 3.8) is 0 Å². The molecule has 3 nitrogen and oxygen atoms in total. The summed E-state index contributed by atoms with van der Waals surface area (Å²) < 4.78 is 0.831. The molecule has 0 saturated heterocycles. The molecule has 0 spiro atoms. The SMILES string of the molecule is Oc1ccc(NCc2ccnc(Br)c2)cc1. The van der Waals surface area contributed by atoms with Crippen LogP contribution in [0, 0.1) is 0 Å². The zero-order valence-corrected chi connectivity index (χ0v) is 10.1. The predicted octanol–water partition coefficient (Wildman–Crippen LogP) is 3.16. The summed E-state index contributed by atoms with van der Waals surface area (Å²) in [4.78, 5) is 4.06. The molecule has 0 unspecified atom stereocenters. The van der Waals surface area contributed by atoms with E-state index in [0.717, 1.165) is 22.4 Å². The van der Waals surface area contributed by atoms with Gasteiger partial charge in [-0.25, -0.2) is 4.98 Å². The van der Waals surface area contributed by atoms with Gasteiger partial charge in [0.25, 0.3) is 0 Å². The number of hydrogen-bond donors (Lipinski definition) is 2. The number of nitrogens with zero attached hydrogens (tertiary/aromatic N) is 1. The lowest BCUT2D eigenvalue weighted by Crippen LogP contribution is -1.99. The van der Waals surface area contributed by atoms with Crippen LogP contribution in [0.25, 0.3) is 0 Å². The highest BCUT2D eigenvalue weighted by atomic mass is 79.9. The number of hydrogen-bond acceptors (Lipinski definition) is 3. The van der Waals surface area contributed by atoms with Crippen LogP contribution >= 0.6 is 15.9 Å². The van der Waals surface area contributed by atoms with E-state index in [1.807, 2.05) is 24.3 Å². The molecule has 0 saturated carbocycles. The van der Waals surface area contributed by atoms with Crippen LogP contribution in [-0.2, 0) is 6.54 Å². The molecule has 0 amide bonds. The summed E-state index contributed by atoms with van der Waals surface area (Å²) in [5.74, 6) is 0.275. The van der Waals surface area contributed by atoms with E-state index >= 15 is 0 Å². The molecule has 1 heterocycles. The number of benzene rings is 1. The molecule has 82 valence electrons. The smallest absolute Gasteiger partial charge is 0.115 e. The number of aromatic nitrogens is 1. The average Bonchev–Trinajstić information content (AvgIpc) is 2.28. The lowest BCUT2D eigenvalue weighted by Gasteiger charge is -2.06. The zero-order valence-electron chi connectivity index (χ0n) is 8.52. The first-order chi connectivity index (χ1) is 7.74. The standard InChI is InChI=1S/C12H11BrN2O/c13-12-7-9(5-6-14-12)8-15-10-1-3-11(16)4-2-10/h1-7,15-16H,8H2. The second-order valence-corrected chi connectivity index (χ2v) is 4.20. The fraction of sp³-hybridized carbons (Fsp3) is 0.0833. The maximum absolute atomic E-state index is 9.14. The van der Waals surface area contributed by atoms with Gasteiger partial charge in [0.1, 0.15) is 10.4 Å². The van der Waals surface area contributed by atoms with Gasteiger partial charge in [-0.15, -0.1) is 0 Å². The molecule has 2 N–H and O–H groups in total. The summed E-state index contributed by atoms with van der Waals surface area (Å²) in [6, 6.07) is 10.9. The molecule has 0 radical (unpaired) electrons. The summed E-state index contributed by atoms with van der Waals surface area (Å²) in [5, 5.41) is 12.4. The molecule has 0 atom stereocenters. The van der Waals surface area contributed by atoms with Crippen LogP contribution in [0.1, 0.15) is 5.56 Å². The largest absolute Gasteiger partial charge is 0.508 e. The van der Waals surface area contributed by atoms with Crippen LogP contribution in [0.4, 0.5) is 5.69 Å². The first-order valence-corrected chi connectivity index (χ1v) is 5.67. The Balaban J connectivity index is 1.99. The van der Waals surface area contributed by atoms with Gasteiger partial charge in [0.2, 0.25) is 0 Å². The molecular weight excluding hydrogens is 268 g/mol. The number of anilines is 1. The fourth-order valence-electron chi connectivity index (χ4n) is 1.34. The molecule has 0 aliphatic heterocycles. The van der Waals surface area contributed by atoms with Crippen LogP contribution in [0.5, 0.6) is 5.75 Å². The van der Waals surface area contributed by atoms with Crippen LogP contribution in [0.15, 0.2) is 47.2 Å². The molecule has 2 rings (SSSR count). The van der Waals surface area contributed by atoms with Crippen molar-refractivity contribution in [3.05, 3.63) is 52.8 Å². The summed E-state index contributed by atoms with van der Waals surface area (Å²) in [5.41, 5.74) is 2.13. The maximum atomic E-state index is 9.14. The highest BCUT2D eigenvalue weighted by Gasteiger charge is 1.96. The second-order valence-electron chi connectivity index (χ2n) is 3.39. The van der Waals surface area contributed by atoms with Gasteiger partial charge in [-0.3, -0.25) is 0 Å². The molecule has 1 aromatic heterocycles. The van der Waals surface area contributed by atoms with E-state index in [2.05, 4.69) is 26.2 Å². The van der Waals surface area contributed by atoms with Crippen LogP contribution in [-0.4, -0.2) is 10.1 Å². The van der Waals surface area contributed by atoms with Crippen molar-refractivity contribution >= 4 is 21.6 Å². The molecule has 4 heteroatoms. The topological polar surface area (TPSA) is 45.1 Å². The molecule has 1 aromatic carbocycles. The van der Waals surface area contributed by atoms with Crippen molar-refractivity contribution in [2.45, 2.75) is 6.54 Å². The number of halogens is 1. The van der Waals surface area contributed by atoms with Crippen LogP contribution in [0.3, 0.4) is 0 Å². The number of phenols is 1. The number of phenolic OH excluding ortho intramolecular Hbond substituents is 1. The highest BCUT2D eigenvalue weighted by Crippen LogP contribution is 2.15. The van der Waals surface area contributed by atoms with Gasteiger partial charge in [-0.1, -0.05) is 0 Å². The van der Waals surface area contributed by atoms with Crippen molar-refractivity contribution in [2.75, 3.05) is 5.32 Å². The molecule has 0 aliphatic carbocycles. The van der Waals surface area contributed by atoms with Gasteiger partial charge in [0.15, 0.2) is 0 Å². The number of aromatic hydroxyl groups is 1. The van der Waals surface area contributed by atoms with E-state index in [9.17, 15) is 0 Å². The average molecular weight is 279 g/mol. The van der Waals surface area contributed by atoms with Crippen LogP contribution < -0.4 is 5.32 Å². The minimum absolute atomic E-state index is 0.275. The Morgan fingerprint density at radius 3 is 2.62 bits per heavy atom. The van der Waals surface area contributed by atoms with Gasteiger partial charge in [0.05, 0.1) is 0 Å². The lowest BCUT2D eigenvalue weighted by molar-refractivity contribution is 0.475. The third kappa shape index (κ3) is 2.97. The summed E-state index contributed by atoms with van der Waals surface area (Å²) in [7, 11) is 0. The molecule has 0 bridgehead atoms. The number of nitrogens with one attached hydrogen (secondary N) is 1. The zero-order chi connectivity index (χ0) is 11.4. The van der Waals surface area contributed by atoms with E-state index in [1.54, 1.807) is 18.3 Å². The molecule has 0 fully saturated rings. The van der Waals surface area contributed by atoms with Gasteiger partial charge in [-0.2, -0.15) is 0 Å². The Labute approximate surface area is 102 Å². The summed E-state index contributed by atoms with van der Waals surface area (Å²) in [6.07, 6.45) is 1.76. The second kappa shape index (κ2) is 4.99. The third-order valence-corrected chi connectivity index (χ3v) is 2.59. The Morgan fingerprint density at radius 2 is 1.94 bits per heavy atom. The Hall–Kier alpha value is -1.55. The minimum Gasteiger partial charge on any atom is -0.508 e. The van der Waals surface area contributed by atoms with Crippen molar-refractivity contribution in [1.82, 2.24) is 4.98 Å². The molecule has 2 aromatic rings. The van der Waals surface area contributed by atoms with Gasteiger partial charge < -0.3 is 10.4 Å². The Kier molecular flexibility index (Phi) is 3.41. The van der Waals surface area contributed by atoms with Gasteiger partial charge >= 0.3 is 0 Å². The fourth-order valence-corrected chi connectivity index (χ4v) is 1.75. The van der Waals surface area contributed by atoms with Crippen LogP contribution in [0.2, 0.25) is 0 Å². The lowest BCUT2D eigenvalue weighted by atomic mass is 10.2. The van der Waals surface area contributed by atoms with E-state index in [-0.39, 0.29) is 5.75 Å². The van der Waals surface area contributed by atoms with E-state index in [1.165, 1.54) is 0 Å². The van der Waals surface area contributed by atoms with Gasteiger partial charge in [0, 0.05) is 18.4 Å². The first-order valence-electron chi connectivity index (χ1n) is 4.87. The van der Waals surface area contributed by atoms with Crippen molar-refractivity contribution in [3.8, 4) is 5.75 Å². The monoisotopic (exact) mass is 278 g/mol. The van der Waals surface area contributed by atoms with Gasteiger partial charge in [-0.05, 0) is 57.9 Å². The number of rotatable bonds is 3. The van der Waals surface area contributed by atoms with Crippen molar-refractivity contribution in [1.29, 1.82) is 0 Å². The quantitative estimate of drug-likeness (QED) is 0.670. The first kappa shape index (κ1) is 11.0.